The van der Waals surface area contributed by atoms with E-state index in [0.29, 0.717) is 42.2 Å². The molecule has 4 N–H and O–H groups in total. The minimum absolute atomic E-state index is 0.0771. The number of phenolic OH excluding ortho intramolecular Hbond substituents is 1. The van der Waals surface area contributed by atoms with Gasteiger partial charge in [-0.2, -0.15) is 0 Å². The van der Waals surface area contributed by atoms with Gasteiger partial charge in [-0.1, -0.05) is 18.2 Å². The lowest BCUT2D eigenvalue weighted by atomic mass is 10.00. The van der Waals surface area contributed by atoms with E-state index >= 15 is 0 Å². The predicted molar refractivity (Wildman–Crippen MR) is 117 cm³/mol. The third-order valence-electron chi connectivity index (χ3n) is 4.79. The number of carbonyl (C=O) groups is 2. The molecule has 0 spiro atoms. The summed E-state index contributed by atoms with van der Waals surface area (Å²) in [6.07, 6.45) is 1.60. The molecule has 0 aliphatic carbocycles. The summed E-state index contributed by atoms with van der Waals surface area (Å²) in [5, 5.41) is 20.9. The van der Waals surface area contributed by atoms with E-state index in [9.17, 15) is 14.7 Å². The number of carbonyl (C=O) groups excluding carboxylic acids is 2. The highest BCUT2D eigenvalue weighted by Gasteiger charge is 2.28. The van der Waals surface area contributed by atoms with Gasteiger partial charge in [0.2, 0.25) is 6.79 Å². The van der Waals surface area contributed by atoms with E-state index in [4.69, 9.17) is 24.2 Å². The van der Waals surface area contributed by atoms with Gasteiger partial charge in [-0.05, 0) is 49.6 Å². The molecule has 2 amide bonds. The highest BCUT2D eigenvalue weighted by molar-refractivity contribution is 5.86. The largest absolute Gasteiger partial charge is 0.508 e. The number of hydrogen-bond donors (Lipinski definition) is 4. The summed E-state index contributed by atoms with van der Waals surface area (Å²) < 4.78 is 22.2. The maximum atomic E-state index is 12.7. The molecule has 0 bridgehead atoms. The molecule has 0 aromatic heterocycles. The average Bonchev–Trinajstić information content (AvgIpc) is 3.28. The van der Waals surface area contributed by atoms with E-state index in [0.717, 1.165) is 0 Å². The van der Waals surface area contributed by atoms with Gasteiger partial charge in [0.15, 0.2) is 17.6 Å². The molecule has 1 aliphatic heterocycles. The van der Waals surface area contributed by atoms with E-state index in [1.807, 2.05) is 6.92 Å². The quantitative estimate of drug-likeness (QED) is 0.241. The lowest BCUT2D eigenvalue weighted by Crippen LogP contribution is -2.29. The van der Waals surface area contributed by atoms with Gasteiger partial charge in [0.1, 0.15) is 5.75 Å². The van der Waals surface area contributed by atoms with Crippen LogP contribution >= 0.6 is 0 Å². The number of nitrogens with one attached hydrogen (secondary N) is 2. The maximum absolute atomic E-state index is 12.7. The van der Waals surface area contributed by atoms with E-state index in [1.165, 1.54) is 23.7 Å². The number of aromatic hydroxyl groups is 1. The number of fused-ring (bicyclic) bond motifs is 1. The second-order valence-corrected chi connectivity index (χ2v) is 7.06. The van der Waals surface area contributed by atoms with E-state index < -0.39 is 24.2 Å². The summed E-state index contributed by atoms with van der Waals surface area (Å²) in [5.41, 5.74) is 2.62. The summed E-state index contributed by atoms with van der Waals surface area (Å²) in [4.78, 5) is 23.9. The van der Waals surface area contributed by atoms with E-state index in [1.54, 1.807) is 36.4 Å². The molecule has 1 aliphatic rings. The van der Waals surface area contributed by atoms with Crippen LogP contribution in [0.4, 0.5) is 10.5 Å². The third kappa shape index (κ3) is 6.86. The molecule has 0 saturated heterocycles. The van der Waals surface area contributed by atoms with Crippen LogP contribution < -0.4 is 20.3 Å². The van der Waals surface area contributed by atoms with Crippen LogP contribution in [0.1, 0.15) is 31.4 Å². The first-order chi connectivity index (χ1) is 16.0. The zero-order valence-electron chi connectivity index (χ0n) is 18.0. The highest BCUT2D eigenvalue weighted by atomic mass is 16.7. The van der Waals surface area contributed by atoms with Crippen molar-refractivity contribution in [3.05, 3.63) is 60.2 Å². The van der Waals surface area contributed by atoms with Crippen LogP contribution in [-0.2, 0) is 14.3 Å². The van der Waals surface area contributed by atoms with E-state index in [2.05, 4.69) is 5.32 Å². The number of rotatable bonds is 10. The average molecular weight is 458 g/mol. The number of phenols is 1. The van der Waals surface area contributed by atoms with Crippen LogP contribution in [0.25, 0.3) is 0 Å². The molecule has 3 rings (SSSR count). The number of hydroxylamine groups is 1. The Morgan fingerprint density at radius 1 is 1.15 bits per heavy atom. The fourth-order valence-corrected chi connectivity index (χ4v) is 3.28. The second-order valence-electron chi connectivity index (χ2n) is 7.06. The van der Waals surface area contributed by atoms with Crippen molar-refractivity contribution < 1.29 is 38.9 Å². The molecular formula is C23H26N2O8. The molecule has 33 heavy (non-hydrogen) atoms. The van der Waals surface area contributed by atoms with Gasteiger partial charge >= 0.3 is 6.09 Å². The first-order valence-corrected chi connectivity index (χ1v) is 10.4. The molecule has 0 fully saturated rings. The van der Waals surface area contributed by atoms with Crippen LogP contribution in [0.15, 0.2) is 54.6 Å². The third-order valence-corrected chi connectivity index (χ3v) is 4.79. The van der Waals surface area contributed by atoms with Crippen molar-refractivity contribution in [3.63, 3.8) is 0 Å². The maximum Gasteiger partial charge on any atom is 0.412 e. The Morgan fingerprint density at radius 3 is 2.64 bits per heavy atom. The van der Waals surface area contributed by atoms with Gasteiger partial charge in [-0.15, -0.1) is 0 Å². The van der Waals surface area contributed by atoms with Gasteiger partial charge in [0, 0.05) is 24.4 Å². The lowest BCUT2D eigenvalue weighted by molar-refractivity contribution is -0.124. The molecule has 0 unspecified atom stereocenters. The molecule has 10 heteroatoms. The topological polar surface area (TPSA) is 136 Å². The monoisotopic (exact) mass is 458 g/mol. The van der Waals surface area contributed by atoms with Crippen molar-refractivity contribution in [3.8, 4) is 17.2 Å². The number of allylic oxidation sites excluding steroid dienone is 1. The van der Waals surface area contributed by atoms with Crippen LogP contribution in [0, 0.1) is 0 Å². The fraction of sp³-hybridized carbons (Fsp3) is 0.304. The van der Waals surface area contributed by atoms with Crippen molar-refractivity contribution in [2.24, 2.45) is 0 Å². The highest BCUT2D eigenvalue weighted by Crippen LogP contribution is 2.34. The molecule has 1 heterocycles. The summed E-state index contributed by atoms with van der Waals surface area (Å²) in [6.45, 7) is 2.31. The molecule has 2 aromatic rings. The minimum Gasteiger partial charge on any atom is -0.508 e. The smallest absolute Gasteiger partial charge is 0.412 e. The van der Waals surface area contributed by atoms with Crippen LogP contribution in [-0.4, -0.2) is 41.8 Å². The Morgan fingerprint density at radius 2 is 1.91 bits per heavy atom. The summed E-state index contributed by atoms with van der Waals surface area (Å²) in [6, 6.07) is 11.3. The summed E-state index contributed by atoms with van der Waals surface area (Å²) >= 11 is 0. The summed E-state index contributed by atoms with van der Waals surface area (Å²) in [7, 11) is 0. The van der Waals surface area contributed by atoms with Crippen LogP contribution in [0.3, 0.4) is 0 Å². The van der Waals surface area contributed by atoms with Crippen LogP contribution in [0.5, 0.6) is 17.2 Å². The molecule has 0 saturated carbocycles. The fourth-order valence-electron chi connectivity index (χ4n) is 3.28. The van der Waals surface area contributed by atoms with Crippen molar-refractivity contribution in [2.45, 2.75) is 32.0 Å². The lowest BCUT2D eigenvalue weighted by Gasteiger charge is -2.27. The number of hydrogen-bond acceptors (Lipinski definition) is 8. The van der Waals surface area contributed by atoms with Gasteiger partial charge in [0.05, 0.1) is 6.10 Å². The Labute approximate surface area is 190 Å². The summed E-state index contributed by atoms with van der Waals surface area (Å²) in [5.74, 6) is 0.551. The molecule has 176 valence electrons. The number of amides is 2. The normalized spacial score (nSPS) is 14.0. The Kier molecular flexibility index (Phi) is 8.50. The van der Waals surface area contributed by atoms with Crippen molar-refractivity contribution in [1.82, 2.24) is 5.48 Å². The molecule has 2 aromatic carbocycles. The first kappa shape index (κ1) is 23.9. The van der Waals surface area contributed by atoms with Crippen LogP contribution in [0.2, 0.25) is 0 Å². The van der Waals surface area contributed by atoms with Crippen molar-refractivity contribution >= 4 is 17.7 Å². The van der Waals surface area contributed by atoms with Crippen molar-refractivity contribution in [2.75, 3.05) is 18.7 Å². The van der Waals surface area contributed by atoms with Gasteiger partial charge in [-0.3, -0.25) is 15.3 Å². The number of benzene rings is 2. The molecule has 10 nitrogen and oxygen atoms in total. The zero-order chi connectivity index (χ0) is 23.6. The molecule has 2 atom stereocenters. The zero-order valence-corrected chi connectivity index (χ0v) is 18.0. The molecular weight excluding hydrogens is 432 g/mol. The Balaban J connectivity index is 1.74. The Bertz CT molecular complexity index is 977. The number of ether oxygens (including phenoxy) is 4. The Hall–Kier alpha value is -3.76. The second kappa shape index (κ2) is 11.7. The minimum atomic E-state index is -0.792. The predicted octanol–water partition coefficient (Wildman–Crippen LogP) is 3.66. The van der Waals surface area contributed by atoms with Gasteiger partial charge in [-0.25, -0.2) is 10.3 Å². The van der Waals surface area contributed by atoms with Gasteiger partial charge < -0.3 is 24.1 Å². The van der Waals surface area contributed by atoms with E-state index in [-0.39, 0.29) is 12.5 Å². The SMILES string of the molecule is CCO[C@H](CC/C=C/C(=O)NO)[C@H](OC(=O)Nc1ccc2c(c1)OCO2)c1ccc(O)cc1. The standard InChI is InChI=1S/C23H26N2O8/c1-2-30-19(5-3-4-6-21(27)25-29)22(15-7-10-17(26)11-8-15)33-23(28)24-16-9-12-18-20(13-16)32-14-31-18/h4,6-13,19,22,26,29H,2-3,5,14H2,1H3,(H,24,28)(H,25,27)/b6-4+/t19-,22-/m1/s1. The number of anilines is 1. The van der Waals surface area contributed by atoms with Gasteiger partial charge in [0.25, 0.3) is 5.91 Å². The molecule has 0 radical (unpaired) electrons. The van der Waals surface area contributed by atoms with Crippen molar-refractivity contribution in [1.29, 1.82) is 0 Å². The first-order valence-electron chi connectivity index (χ1n) is 10.4.